The van der Waals surface area contributed by atoms with Gasteiger partial charge in [0.2, 0.25) is 0 Å². The fourth-order valence-corrected chi connectivity index (χ4v) is 2.62. The van der Waals surface area contributed by atoms with E-state index in [1.54, 1.807) is 4.90 Å². The van der Waals surface area contributed by atoms with Crippen molar-refractivity contribution in [3.63, 3.8) is 0 Å². The first-order valence-electron chi connectivity index (χ1n) is 5.77. The largest absolute Gasteiger partial charge is 0.481 e. The summed E-state index contributed by atoms with van der Waals surface area (Å²) in [7, 11) is 0. The van der Waals surface area contributed by atoms with Crippen molar-refractivity contribution in [2.75, 3.05) is 18.4 Å². The van der Waals surface area contributed by atoms with Gasteiger partial charge in [0.05, 0.1) is 11.6 Å². The molecule has 98 valence electrons. The van der Waals surface area contributed by atoms with Gasteiger partial charge in [-0.3, -0.25) is 10.1 Å². The number of piperidine rings is 1. The van der Waals surface area contributed by atoms with Crippen LogP contribution in [-0.4, -0.2) is 40.1 Å². The summed E-state index contributed by atoms with van der Waals surface area (Å²) < 4.78 is 0. The van der Waals surface area contributed by atoms with Gasteiger partial charge in [0.1, 0.15) is 0 Å². The highest BCUT2D eigenvalue weighted by atomic mass is 32.1. The van der Waals surface area contributed by atoms with Crippen LogP contribution in [0.4, 0.5) is 9.93 Å². The summed E-state index contributed by atoms with van der Waals surface area (Å²) in [4.78, 5) is 28.5. The first kappa shape index (κ1) is 12.8. The van der Waals surface area contributed by atoms with E-state index in [1.807, 2.05) is 12.3 Å². The Bertz CT molecular complexity index is 460. The smallest absolute Gasteiger partial charge is 0.323 e. The summed E-state index contributed by atoms with van der Waals surface area (Å²) in [6.45, 7) is 2.72. The maximum atomic E-state index is 11.9. The van der Waals surface area contributed by atoms with Crippen LogP contribution >= 0.6 is 11.3 Å². The fourth-order valence-electron chi connectivity index (χ4n) is 1.95. The van der Waals surface area contributed by atoms with Crippen molar-refractivity contribution in [1.29, 1.82) is 0 Å². The van der Waals surface area contributed by atoms with Gasteiger partial charge in [-0.2, -0.15) is 0 Å². The predicted octanol–water partition coefficient (Wildman–Crippen LogP) is 1.78. The number of carbonyl (C=O) groups excluding carboxylic acids is 1. The van der Waals surface area contributed by atoms with Crippen molar-refractivity contribution >= 4 is 28.5 Å². The van der Waals surface area contributed by atoms with Gasteiger partial charge in [0, 0.05) is 18.5 Å². The van der Waals surface area contributed by atoms with Crippen LogP contribution in [0.25, 0.3) is 0 Å². The molecule has 1 aliphatic heterocycles. The Morgan fingerprint density at radius 2 is 2.39 bits per heavy atom. The molecule has 0 saturated carbocycles. The van der Waals surface area contributed by atoms with E-state index in [2.05, 4.69) is 10.3 Å². The summed E-state index contributed by atoms with van der Waals surface area (Å²) >= 11 is 1.36. The molecule has 0 radical (unpaired) electrons. The Morgan fingerprint density at radius 1 is 1.61 bits per heavy atom. The molecule has 1 aliphatic rings. The summed E-state index contributed by atoms with van der Waals surface area (Å²) in [5, 5.41) is 14.1. The molecule has 0 aliphatic carbocycles. The Labute approximate surface area is 109 Å². The zero-order valence-electron chi connectivity index (χ0n) is 10.0. The minimum Gasteiger partial charge on any atom is -0.481 e. The van der Waals surface area contributed by atoms with Crippen LogP contribution in [0.3, 0.4) is 0 Å². The molecule has 6 nitrogen and oxygen atoms in total. The van der Waals surface area contributed by atoms with Crippen molar-refractivity contribution in [3.8, 4) is 0 Å². The maximum absolute atomic E-state index is 11.9. The highest BCUT2D eigenvalue weighted by Crippen LogP contribution is 2.19. The molecule has 1 aromatic heterocycles. The van der Waals surface area contributed by atoms with E-state index in [1.165, 1.54) is 11.3 Å². The standard InChI is InChI=1S/C11H15N3O3S/c1-7-6-18-10(12-7)13-11(17)14-4-2-3-8(5-14)9(15)16/h6,8H,2-5H2,1H3,(H,15,16)(H,12,13,17)/t8-/m0/s1. The molecule has 2 N–H and O–H groups in total. The molecule has 0 aromatic carbocycles. The number of aliphatic carboxylic acids is 1. The van der Waals surface area contributed by atoms with Gasteiger partial charge >= 0.3 is 12.0 Å². The molecule has 0 unspecified atom stereocenters. The van der Waals surface area contributed by atoms with Crippen molar-refractivity contribution in [1.82, 2.24) is 9.88 Å². The van der Waals surface area contributed by atoms with Gasteiger partial charge in [-0.05, 0) is 19.8 Å². The third-order valence-corrected chi connectivity index (χ3v) is 3.77. The first-order valence-corrected chi connectivity index (χ1v) is 6.65. The number of rotatable bonds is 2. The average molecular weight is 269 g/mol. The van der Waals surface area contributed by atoms with Crippen molar-refractivity contribution in [3.05, 3.63) is 11.1 Å². The number of carboxylic acids is 1. The lowest BCUT2D eigenvalue weighted by atomic mass is 9.99. The zero-order chi connectivity index (χ0) is 13.1. The average Bonchev–Trinajstić information content (AvgIpc) is 2.75. The molecule has 1 atom stereocenters. The van der Waals surface area contributed by atoms with Crippen LogP contribution in [-0.2, 0) is 4.79 Å². The van der Waals surface area contributed by atoms with E-state index in [9.17, 15) is 9.59 Å². The van der Waals surface area contributed by atoms with Crippen molar-refractivity contribution in [2.45, 2.75) is 19.8 Å². The van der Waals surface area contributed by atoms with Crippen LogP contribution in [0.1, 0.15) is 18.5 Å². The van der Waals surface area contributed by atoms with Crippen molar-refractivity contribution < 1.29 is 14.7 Å². The number of carboxylic acid groups (broad SMARTS) is 1. The molecule has 0 bridgehead atoms. The second-order valence-corrected chi connectivity index (χ2v) is 5.21. The molecule has 18 heavy (non-hydrogen) atoms. The molecule has 1 aromatic rings. The number of aryl methyl sites for hydroxylation is 1. The molecule has 0 spiro atoms. The van der Waals surface area contributed by atoms with Crippen LogP contribution in [0.15, 0.2) is 5.38 Å². The highest BCUT2D eigenvalue weighted by Gasteiger charge is 2.28. The Kier molecular flexibility index (Phi) is 3.81. The number of hydrogen-bond acceptors (Lipinski definition) is 4. The van der Waals surface area contributed by atoms with E-state index < -0.39 is 11.9 Å². The summed E-state index contributed by atoms with van der Waals surface area (Å²) in [6.07, 6.45) is 1.36. The zero-order valence-corrected chi connectivity index (χ0v) is 10.9. The number of urea groups is 1. The number of amides is 2. The number of thiazole rings is 1. The molecule has 2 heterocycles. The number of aromatic nitrogens is 1. The predicted molar refractivity (Wildman–Crippen MR) is 67.8 cm³/mol. The number of nitrogens with one attached hydrogen (secondary N) is 1. The normalized spacial score (nSPS) is 19.6. The molecule has 7 heteroatoms. The van der Waals surface area contributed by atoms with Crippen LogP contribution in [0.2, 0.25) is 0 Å². The van der Waals surface area contributed by atoms with Crippen LogP contribution in [0.5, 0.6) is 0 Å². The first-order chi connectivity index (χ1) is 8.56. The quantitative estimate of drug-likeness (QED) is 0.857. The molecule has 1 fully saturated rings. The number of likely N-dealkylation sites (tertiary alicyclic amines) is 1. The highest BCUT2D eigenvalue weighted by molar-refractivity contribution is 7.13. The SMILES string of the molecule is Cc1csc(NC(=O)N2CCC[C@H](C(=O)O)C2)n1. The third-order valence-electron chi connectivity index (χ3n) is 2.89. The molecular formula is C11H15N3O3S. The lowest BCUT2D eigenvalue weighted by molar-refractivity contribution is -0.143. The van der Waals surface area contributed by atoms with E-state index >= 15 is 0 Å². The minimum absolute atomic E-state index is 0.268. The van der Waals surface area contributed by atoms with Gasteiger partial charge in [-0.1, -0.05) is 0 Å². The number of hydrogen-bond donors (Lipinski definition) is 2. The van der Waals surface area contributed by atoms with Gasteiger partial charge in [0.25, 0.3) is 0 Å². The van der Waals surface area contributed by atoms with Gasteiger partial charge in [0.15, 0.2) is 5.13 Å². The molecule has 1 saturated heterocycles. The topological polar surface area (TPSA) is 82.5 Å². The van der Waals surface area contributed by atoms with Crippen LogP contribution in [0, 0.1) is 12.8 Å². The van der Waals surface area contributed by atoms with Gasteiger partial charge in [-0.15, -0.1) is 11.3 Å². The minimum atomic E-state index is -0.836. The van der Waals surface area contributed by atoms with Gasteiger partial charge in [-0.25, -0.2) is 9.78 Å². The fraction of sp³-hybridized carbons (Fsp3) is 0.545. The van der Waals surface area contributed by atoms with Crippen LogP contribution < -0.4 is 5.32 Å². The Balaban J connectivity index is 1.94. The molecule has 2 rings (SSSR count). The molecule has 2 amide bonds. The lowest BCUT2D eigenvalue weighted by Crippen LogP contribution is -2.44. The third kappa shape index (κ3) is 2.98. The van der Waals surface area contributed by atoms with Gasteiger partial charge < -0.3 is 10.0 Å². The number of carbonyl (C=O) groups is 2. The summed E-state index contributed by atoms with van der Waals surface area (Å²) in [5.74, 6) is -1.29. The second kappa shape index (κ2) is 5.34. The Morgan fingerprint density at radius 3 is 3.00 bits per heavy atom. The number of anilines is 1. The summed E-state index contributed by atoms with van der Waals surface area (Å²) in [5.41, 5.74) is 0.859. The Hall–Kier alpha value is -1.63. The lowest BCUT2D eigenvalue weighted by Gasteiger charge is -2.30. The monoisotopic (exact) mass is 269 g/mol. The molecular weight excluding hydrogens is 254 g/mol. The second-order valence-electron chi connectivity index (χ2n) is 4.35. The number of nitrogens with zero attached hydrogens (tertiary/aromatic N) is 2. The summed E-state index contributed by atoms with van der Waals surface area (Å²) in [6, 6.07) is -0.268. The maximum Gasteiger partial charge on any atom is 0.323 e. The van der Waals surface area contributed by atoms with E-state index in [0.717, 1.165) is 12.1 Å². The van der Waals surface area contributed by atoms with Crippen molar-refractivity contribution in [2.24, 2.45) is 5.92 Å². The van der Waals surface area contributed by atoms with E-state index in [0.29, 0.717) is 18.1 Å². The van der Waals surface area contributed by atoms with E-state index in [4.69, 9.17) is 5.11 Å². The van der Waals surface area contributed by atoms with E-state index in [-0.39, 0.29) is 12.6 Å².